The van der Waals surface area contributed by atoms with Crippen LogP contribution in [0.4, 0.5) is 5.69 Å². The molecule has 0 bridgehead atoms. The van der Waals surface area contributed by atoms with Crippen molar-refractivity contribution in [3.8, 4) is 0 Å². The van der Waals surface area contributed by atoms with E-state index in [2.05, 4.69) is 58.3 Å². The molecule has 2 aromatic carbocycles. The van der Waals surface area contributed by atoms with Crippen molar-refractivity contribution in [3.63, 3.8) is 0 Å². The molecular weight excluding hydrogens is 348 g/mol. The fourth-order valence-electron chi connectivity index (χ4n) is 4.60. The highest BCUT2D eigenvalue weighted by molar-refractivity contribution is 5.69. The first-order chi connectivity index (χ1) is 13.8. The van der Waals surface area contributed by atoms with Crippen LogP contribution in [-0.2, 0) is 16.0 Å². The van der Waals surface area contributed by atoms with E-state index < -0.39 is 0 Å². The fraction of sp³-hybridized carbons (Fsp3) is 0.458. The van der Waals surface area contributed by atoms with Gasteiger partial charge in [-0.3, -0.25) is 9.69 Å². The minimum Gasteiger partial charge on any atom is -0.466 e. The summed E-state index contributed by atoms with van der Waals surface area (Å²) in [5.41, 5.74) is 5.74. The Morgan fingerprint density at radius 3 is 2.68 bits per heavy atom. The van der Waals surface area contributed by atoms with E-state index in [9.17, 15) is 4.79 Å². The Morgan fingerprint density at radius 2 is 1.82 bits per heavy atom. The summed E-state index contributed by atoms with van der Waals surface area (Å²) in [7, 11) is 0. The van der Waals surface area contributed by atoms with Crippen LogP contribution in [0, 0.1) is 0 Å². The van der Waals surface area contributed by atoms with Gasteiger partial charge in [-0.05, 0) is 55.5 Å². The molecule has 4 heteroatoms. The van der Waals surface area contributed by atoms with Crippen LogP contribution in [0.1, 0.15) is 48.9 Å². The molecule has 4 rings (SSSR count). The molecule has 0 N–H and O–H groups in total. The van der Waals surface area contributed by atoms with Crippen molar-refractivity contribution >= 4 is 11.7 Å². The summed E-state index contributed by atoms with van der Waals surface area (Å²) in [5, 5.41) is 0. The average molecular weight is 379 g/mol. The minimum atomic E-state index is -0.0679. The van der Waals surface area contributed by atoms with E-state index in [1.54, 1.807) is 0 Å². The molecule has 0 aromatic heterocycles. The summed E-state index contributed by atoms with van der Waals surface area (Å²) in [4.78, 5) is 16.7. The van der Waals surface area contributed by atoms with Gasteiger partial charge in [0, 0.05) is 31.7 Å². The Balaban J connectivity index is 1.46. The number of para-hydroxylation sites is 1. The zero-order valence-electron chi connectivity index (χ0n) is 16.8. The number of carbonyl (C=O) groups is 1. The number of benzene rings is 2. The molecule has 0 radical (unpaired) electrons. The van der Waals surface area contributed by atoms with Gasteiger partial charge in [-0.25, -0.2) is 0 Å². The zero-order chi connectivity index (χ0) is 19.3. The van der Waals surface area contributed by atoms with Crippen LogP contribution in [0.2, 0.25) is 0 Å². The molecule has 2 aliphatic rings. The monoisotopic (exact) mass is 378 g/mol. The normalized spacial score (nSPS) is 18.6. The van der Waals surface area contributed by atoms with Crippen molar-refractivity contribution in [2.24, 2.45) is 0 Å². The van der Waals surface area contributed by atoms with E-state index in [1.165, 1.54) is 22.4 Å². The van der Waals surface area contributed by atoms with Gasteiger partial charge in [0.2, 0.25) is 0 Å². The molecule has 2 aliphatic heterocycles. The molecular formula is C24H30N2O2. The first kappa shape index (κ1) is 19.0. The lowest BCUT2D eigenvalue weighted by Gasteiger charge is -2.43. The van der Waals surface area contributed by atoms with E-state index in [0.717, 1.165) is 45.4 Å². The van der Waals surface area contributed by atoms with Crippen LogP contribution in [0.15, 0.2) is 48.5 Å². The van der Waals surface area contributed by atoms with Gasteiger partial charge in [-0.15, -0.1) is 0 Å². The maximum atomic E-state index is 11.5. The average Bonchev–Trinajstić information content (AvgIpc) is 2.86. The topological polar surface area (TPSA) is 32.8 Å². The molecule has 4 nitrogen and oxygen atoms in total. The van der Waals surface area contributed by atoms with E-state index >= 15 is 0 Å². The lowest BCUT2D eigenvalue weighted by atomic mass is 9.96. The van der Waals surface area contributed by atoms with Gasteiger partial charge in [0.15, 0.2) is 0 Å². The lowest BCUT2D eigenvalue weighted by Crippen LogP contribution is -2.48. The van der Waals surface area contributed by atoms with Crippen molar-refractivity contribution in [1.29, 1.82) is 0 Å². The number of carbonyl (C=O) groups excluding carboxylic acids is 1. The number of fused-ring (bicyclic) bond motifs is 5. The highest BCUT2D eigenvalue weighted by atomic mass is 16.5. The van der Waals surface area contributed by atoms with Crippen molar-refractivity contribution in [3.05, 3.63) is 65.2 Å². The van der Waals surface area contributed by atoms with Gasteiger partial charge in [-0.1, -0.05) is 42.5 Å². The highest BCUT2D eigenvalue weighted by Crippen LogP contribution is 2.39. The quantitative estimate of drug-likeness (QED) is 0.557. The largest absolute Gasteiger partial charge is 0.466 e. The van der Waals surface area contributed by atoms with Crippen LogP contribution >= 0.6 is 0 Å². The first-order valence-electron chi connectivity index (χ1n) is 10.6. The Labute approximate surface area is 168 Å². The Kier molecular flexibility index (Phi) is 5.96. The molecule has 1 saturated heterocycles. The number of nitrogens with zero attached hydrogens (tertiary/aromatic N) is 2. The van der Waals surface area contributed by atoms with Gasteiger partial charge in [-0.2, -0.15) is 0 Å². The lowest BCUT2D eigenvalue weighted by molar-refractivity contribution is -0.143. The Hall–Kier alpha value is -2.33. The number of rotatable bonds is 6. The number of hydrogen-bond donors (Lipinski definition) is 0. The molecule has 0 saturated carbocycles. The number of hydrogen-bond acceptors (Lipinski definition) is 4. The Morgan fingerprint density at radius 1 is 1.04 bits per heavy atom. The van der Waals surface area contributed by atoms with Gasteiger partial charge >= 0.3 is 5.97 Å². The molecule has 2 aromatic rings. The second-order valence-corrected chi connectivity index (χ2v) is 7.78. The van der Waals surface area contributed by atoms with Crippen LogP contribution < -0.4 is 4.90 Å². The minimum absolute atomic E-state index is 0.0679. The number of unbranched alkanes of at least 4 members (excludes halogenated alkanes) is 1. The number of piperazine rings is 1. The van der Waals surface area contributed by atoms with Crippen LogP contribution in [0.5, 0.6) is 0 Å². The SMILES string of the molecule is CCOC(=O)CCCCN1CCN2c3ccccc3Cc3ccccc3C2C1. The summed E-state index contributed by atoms with van der Waals surface area (Å²) in [6.45, 7) is 6.56. The summed E-state index contributed by atoms with van der Waals surface area (Å²) >= 11 is 0. The van der Waals surface area contributed by atoms with Gasteiger partial charge in [0.1, 0.15) is 0 Å². The predicted octanol–water partition coefficient (Wildman–Crippen LogP) is 4.19. The van der Waals surface area contributed by atoms with Crippen molar-refractivity contribution in [2.75, 3.05) is 37.7 Å². The third-order valence-corrected chi connectivity index (χ3v) is 5.97. The van der Waals surface area contributed by atoms with E-state index in [0.29, 0.717) is 19.1 Å². The predicted molar refractivity (Wildman–Crippen MR) is 113 cm³/mol. The maximum Gasteiger partial charge on any atom is 0.305 e. The van der Waals surface area contributed by atoms with E-state index in [-0.39, 0.29) is 5.97 Å². The summed E-state index contributed by atoms with van der Waals surface area (Å²) in [5.74, 6) is -0.0679. The van der Waals surface area contributed by atoms with Gasteiger partial charge in [0.05, 0.1) is 12.6 Å². The van der Waals surface area contributed by atoms with E-state index in [4.69, 9.17) is 4.74 Å². The summed E-state index contributed by atoms with van der Waals surface area (Å²) in [6.07, 6.45) is 3.50. The number of esters is 1. The van der Waals surface area contributed by atoms with Crippen molar-refractivity contribution in [1.82, 2.24) is 4.90 Å². The molecule has 1 fully saturated rings. The molecule has 0 amide bonds. The second kappa shape index (κ2) is 8.78. The third-order valence-electron chi connectivity index (χ3n) is 5.97. The Bertz CT molecular complexity index is 820. The summed E-state index contributed by atoms with van der Waals surface area (Å²) < 4.78 is 5.03. The van der Waals surface area contributed by atoms with Crippen LogP contribution in [0.3, 0.4) is 0 Å². The number of ether oxygens (including phenoxy) is 1. The van der Waals surface area contributed by atoms with Gasteiger partial charge < -0.3 is 9.64 Å². The molecule has 1 atom stereocenters. The summed E-state index contributed by atoms with van der Waals surface area (Å²) in [6, 6.07) is 18.2. The maximum absolute atomic E-state index is 11.5. The van der Waals surface area contributed by atoms with Crippen molar-refractivity contribution < 1.29 is 9.53 Å². The molecule has 148 valence electrons. The highest BCUT2D eigenvalue weighted by Gasteiger charge is 2.32. The zero-order valence-corrected chi connectivity index (χ0v) is 16.8. The second-order valence-electron chi connectivity index (χ2n) is 7.78. The molecule has 2 heterocycles. The van der Waals surface area contributed by atoms with Crippen LogP contribution in [-0.4, -0.2) is 43.7 Å². The van der Waals surface area contributed by atoms with Crippen molar-refractivity contribution in [2.45, 2.75) is 38.6 Å². The molecule has 0 aliphatic carbocycles. The van der Waals surface area contributed by atoms with Crippen LogP contribution in [0.25, 0.3) is 0 Å². The van der Waals surface area contributed by atoms with Gasteiger partial charge in [0.25, 0.3) is 0 Å². The molecule has 1 unspecified atom stereocenters. The third kappa shape index (κ3) is 4.07. The fourth-order valence-corrected chi connectivity index (χ4v) is 4.60. The molecule has 28 heavy (non-hydrogen) atoms. The number of anilines is 1. The standard InChI is InChI=1S/C24H30N2O2/c1-2-28-24(27)13-7-8-14-25-15-16-26-22-12-6-4-10-20(22)17-19-9-3-5-11-21(19)23(26)18-25/h3-6,9-12,23H,2,7-8,13-18H2,1H3. The van der Waals surface area contributed by atoms with E-state index in [1.807, 2.05) is 6.92 Å². The smallest absolute Gasteiger partial charge is 0.305 e. The first-order valence-corrected chi connectivity index (χ1v) is 10.6. The molecule has 0 spiro atoms.